The molecular weight excluding hydrogens is 150 g/mol. The van der Waals surface area contributed by atoms with Crippen molar-refractivity contribution in [2.75, 3.05) is 13.1 Å². The van der Waals surface area contributed by atoms with E-state index in [1.807, 2.05) is 18.7 Å². The van der Waals surface area contributed by atoms with Crippen LogP contribution in [-0.4, -0.2) is 27.5 Å². The Morgan fingerprint density at radius 3 is 2.50 bits per heavy atom. The first kappa shape index (κ1) is 9.26. The summed E-state index contributed by atoms with van der Waals surface area (Å²) >= 11 is 0. The quantitative estimate of drug-likeness (QED) is 0.681. The summed E-state index contributed by atoms with van der Waals surface area (Å²) in [6, 6.07) is 0. The topological polar surface area (TPSA) is 21.1 Å². The molecule has 1 heterocycles. The molecule has 0 amide bonds. The third kappa shape index (κ3) is 1.85. The molecule has 1 rings (SSSR count). The van der Waals surface area contributed by atoms with E-state index < -0.39 is 0 Å². The van der Waals surface area contributed by atoms with Gasteiger partial charge in [0.15, 0.2) is 0 Å². The van der Waals surface area contributed by atoms with Gasteiger partial charge in [-0.05, 0) is 20.0 Å². The minimum Gasteiger partial charge on any atom is -0.322 e. The lowest BCUT2D eigenvalue weighted by molar-refractivity contribution is 0.172. The van der Waals surface area contributed by atoms with Crippen molar-refractivity contribution in [2.24, 2.45) is 0 Å². The lowest BCUT2D eigenvalue weighted by Crippen LogP contribution is -2.29. The Hall–Kier alpha value is -0.830. The molecule has 68 valence electrons. The van der Waals surface area contributed by atoms with Gasteiger partial charge in [-0.1, -0.05) is 13.8 Å². The molecule has 0 aromatic carbocycles. The maximum absolute atomic E-state index is 4.03. The van der Waals surface area contributed by atoms with Crippen molar-refractivity contribution in [1.29, 1.82) is 0 Å². The summed E-state index contributed by atoms with van der Waals surface area (Å²) in [6.07, 6.45) is 6.11. The van der Waals surface area contributed by atoms with Crippen LogP contribution in [0.2, 0.25) is 0 Å². The highest BCUT2D eigenvalue weighted by Crippen LogP contribution is 2.10. The molecule has 0 spiro atoms. The minimum absolute atomic E-state index is 0.419. The van der Waals surface area contributed by atoms with E-state index in [-0.39, 0.29) is 0 Å². The fourth-order valence-electron chi connectivity index (χ4n) is 1.43. The fourth-order valence-corrected chi connectivity index (χ4v) is 1.43. The van der Waals surface area contributed by atoms with Crippen molar-refractivity contribution < 1.29 is 0 Å². The van der Waals surface area contributed by atoms with E-state index in [0.29, 0.717) is 6.17 Å². The number of hydrogen-bond acceptors (Lipinski definition) is 2. The first-order valence-electron chi connectivity index (χ1n) is 4.51. The van der Waals surface area contributed by atoms with Gasteiger partial charge in [-0.2, -0.15) is 0 Å². The van der Waals surface area contributed by atoms with Gasteiger partial charge in [0.2, 0.25) is 0 Å². The summed E-state index contributed by atoms with van der Waals surface area (Å²) < 4.78 is 2.12. The standard InChI is InChI=1S/C9H17N3/c1-4-11(5-2)9(3)12-7-6-10-8-12/h6-9H,4-5H2,1-3H3. The Bertz CT molecular complexity index is 202. The average molecular weight is 167 g/mol. The van der Waals surface area contributed by atoms with E-state index in [9.17, 15) is 0 Å². The van der Waals surface area contributed by atoms with Crippen LogP contribution >= 0.6 is 0 Å². The highest BCUT2D eigenvalue weighted by Gasteiger charge is 2.09. The van der Waals surface area contributed by atoms with Gasteiger partial charge >= 0.3 is 0 Å². The third-order valence-corrected chi connectivity index (χ3v) is 2.30. The molecule has 0 aliphatic carbocycles. The molecule has 0 radical (unpaired) electrons. The lowest BCUT2D eigenvalue weighted by atomic mass is 10.4. The van der Waals surface area contributed by atoms with Crippen molar-refractivity contribution in [3.05, 3.63) is 18.7 Å². The zero-order valence-electron chi connectivity index (χ0n) is 8.07. The van der Waals surface area contributed by atoms with Crippen molar-refractivity contribution in [1.82, 2.24) is 14.5 Å². The summed E-state index contributed by atoms with van der Waals surface area (Å²) in [4.78, 5) is 6.41. The molecule has 0 aliphatic heterocycles. The Balaban J connectivity index is 2.63. The average Bonchev–Trinajstić information content (AvgIpc) is 2.58. The van der Waals surface area contributed by atoms with Gasteiger partial charge in [0, 0.05) is 12.4 Å². The normalized spacial score (nSPS) is 13.7. The first-order valence-corrected chi connectivity index (χ1v) is 4.51. The molecule has 3 nitrogen and oxygen atoms in total. The van der Waals surface area contributed by atoms with E-state index in [2.05, 4.69) is 35.2 Å². The van der Waals surface area contributed by atoms with Crippen molar-refractivity contribution >= 4 is 0 Å². The van der Waals surface area contributed by atoms with Crippen LogP contribution < -0.4 is 0 Å². The SMILES string of the molecule is CCN(CC)C(C)n1ccnc1. The van der Waals surface area contributed by atoms with Crippen LogP contribution in [0.25, 0.3) is 0 Å². The number of hydrogen-bond donors (Lipinski definition) is 0. The van der Waals surface area contributed by atoms with Gasteiger partial charge in [0.25, 0.3) is 0 Å². The summed E-state index contributed by atoms with van der Waals surface area (Å²) in [7, 11) is 0. The van der Waals surface area contributed by atoms with Crippen molar-refractivity contribution in [2.45, 2.75) is 26.9 Å². The monoisotopic (exact) mass is 167 g/mol. The van der Waals surface area contributed by atoms with E-state index in [4.69, 9.17) is 0 Å². The van der Waals surface area contributed by atoms with Gasteiger partial charge in [-0.3, -0.25) is 4.90 Å². The van der Waals surface area contributed by atoms with Gasteiger partial charge < -0.3 is 4.57 Å². The molecule has 0 fully saturated rings. The Morgan fingerprint density at radius 1 is 1.42 bits per heavy atom. The molecule has 12 heavy (non-hydrogen) atoms. The maximum Gasteiger partial charge on any atom is 0.0959 e. The summed E-state index contributed by atoms with van der Waals surface area (Å²) in [5, 5.41) is 0. The van der Waals surface area contributed by atoms with E-state index in [1.165, 1.54) is 0 Å². The van der Waals surface area contributed by atoms with Gasteiger partial charge in [-0.15, -0.1) is 0 Å². The van der Waals surface area contributed by atoms with Gasteiger partial charge in [-0.25, -0.2) is 4.98 Å². The van der Waals surface area contributed by atoms with Crippen LogP contribution in [0.4, 0.5) is 0 Å². The molecule has 1 aromatic heterocycles. The van der Waals surface area contributed by atoms with Gasteiger partial charge in [0.05, 0.1) is 12.5 Å². The smallest absolute Gasteiger partial charge is 0.0959 e. The third-order valence-electron chi connectivity index (χ3n) is 2.30. The lowest BCUT2D eigenvalue weighted by Gasteiger charge is -2.26. The minimum atomic E-state index is 0.419. The molecule has 0 saturated heterocycles. The van der Waals surface area contributed by atoms with Crippen molar-refractivity contribution in [3.63, 3.8) is 0 Å². The molecule has 0 bridgehead atoms. The van der Waals surface area contributed by atoms with Crippen LogP contribution in [0.3, 0.4) is 0 Å². The molecule has 1 atom stereocenters. The second-order valence-electron chi connectivity index (χ2n) is 2.86. The molecule has 0 N–H and O–H groups in total. The largest absolute Gasteiger partial charge is 0.322 e. The van der Waals surface area contributed by atoms with Crippen LogP contribution in [0, 0.1) is 0 Å². The highest BCUT2D eigenvalue weighted by molar-refractivity contribution is 4.78. The molecule has 1 unspecified atom stereocenters. The van der Waals surface area contributed by atoms with E-state index >= 15 is 0 Å². The van der Waals surface area contributed by atoms with Crippen LogP contribution in [0.5, 0.6) is 0 Å². The van der Waals surface area contributed by atoms with E-state index in [0.717, 1.165) is 13.1 Å². The molecule has 0 saturated carbocycles. The number of rotatable bonds is 4. The first-order chi connectivity index (χ1) is 5.79. The molecule has 0 aliphatic rings. The summed E-state index contributed by atoms with van der Waals surface area (Å²) in [5.74, 6) is 0. The fraction of sp³-hybridized carbons (Fsp3) is 0.667. The second-order valence-corrected chi connectivity index (χ2v) is 2.86. The van der Waals surface area contributed by atoms with Crippen LogP contribution in [-0.2, 0) is 0 Å². The van der Waals surface area contributed by atoms with Crippen LogP contribution in [0.15, 0.2) is 18.7 Å². The highest BCUT2D eigenvalue weighted by atomic mass is 15.3. The molecule has 3 heteroatoms. The van der Waals surface area contributed by atoms with Crippen LogP contribution in [0.1, 0.15) is 26.9 Å². The zero-order chi connectivity index (χ0) is 8.97. The molecule has 1 aromatic rings. The zero-order valence-corrected chi connectivity index (χ0v) is 8.07. The van der Waals surface area contributed by atoms with Gasteiger partial charge in [0.1, 0.15) is 0 Å². The number of aromatic nitrogens is 2. The maximum atomic E-state index is 4.03. The summed E-state index contributed by atoms with van der Waals surface area (Å²) in [5.41, 5.74) is 0. The predicted octanol–water partition coefficient (Wildman–Crippen LogP) is 1.74. The Morgan fingerprint density at radius 2 is 2.08 bits per heavy atom. The molecular formula is C9H17N3. The Kier molecular flexibility index (Phi) is 3.29. The van der Waals surface area contributed by atoms with Crippen molar-refractivity contribution in [3.8, 4) is 0 Å². The Labute approximate surface area is 74.0 Å². The summed E-state index contributed by atoms with van der Waals surface area (Å²) in [6.45, 7) is 8.70. The van der Waals surface area contributed by atoms with E-state index in [1.54, 1.807) is 0 Å². The number of nitrogens with zero attached hydrogens (tertiary/aromatic N) is 3. The predicted molar refractivity (Wildman–Crippen MR) is 49.9 cm³/mol. The second kappa shape index (κ2) is 4.26. The number of imidazole rings is 1.